The monoisotopic (exact) mass is 411 g/mol. The predicted octanol–water partition coefficient (Wildman–Crippen LogP) is 3.80. The van der Waals surface area contributed by atoms with Crippen molar-refractivity contribution in [1.29, 1.82) is 0 Å². The van der Waals surface area contributed by atoms with Gasteiger partial charge in [0.05, 0.1) is 6.54 Å². The molecule has 0 saturated heterocycles. The highest BCUT2D eigenvalue weighted by atomic mass is 35.5. The van der Waals surface area contributed by atoms with E-state index < -0.39 is 0 Å². The fraction of sp³-hybridized carbons (Fsp3) is 0.150. The maximum absolute atomic E-state index is 12.8. The van der Waals surface area contributed by atoms with Crippen molar-refractivity contribution in [2.24, 2.45) is 0 Å². The maximum atomic E-state index is 12.8. The van der Waals surface area contributed by atoms with Crippen LogP contribution in [0.3, 0.4) is 0 Å². The van der Waals surface area contributed by atoms with Crippen LogP contribution in [0.1, 0.15) is 20.9 Å². The van der Waals surface area contributed by atoms with E-state index in [-0.39, 0.29) is 11.6 Å². The van der Waals surface area contributed by atoms with Gasteiger partial charge in [-0.3, -0.25) is 4.79 Å². The molecule has 8 heteroatoms. The van der Waals surface area contributed by atoms with Gasteiger partial charge in [-0.15, -0.1) is 16.4 Å². The van der Waals surface area contributed by atoms with Crippen molar-refractivity contribution in [3.63, 3.8) is 0 Å². The van der Waals surface area contributed by atoms with Crippen molar-refractivity contribution >= 4 is 28.8 Å². The van der Waals surface area contributed by atoms with E-state index in [4.69, 9.17) is 11.6 Å². The second kappa shape index (κ2) is 8.41. The number of halogens is 1. The van der Waals surface area contributed by atoms with Crippen molar-refractivity contribution < 1.29 is 4.79 Å². The van der Waals surface area contributed by atoms with E-state index in [1.807, 2.05) is 64.8 Å². The van der Waals surface area contributed by atoms with E-state index in [2.05, 4.69) is 21.7 Å². The quantitative estimate of drug-likeness (QED) is 0.503. The van der Waals surface area contributed by atoms with Gasteiger partial charge in [0.15, 0.2) is 11.5 Å². The number of nitrogens with one attached hydrogen (secondary N) is 1. The lowest BCUT2D eigenvalue weighted by Crippen LogP contribution is -2.27. The van der Waals surface area contributed by atoms with Gasteiger partial charge in [-0.1, -0.05) is 41.1 Å². The summed E-state index contributed by atoms with van der Waals surface area (Å²) in [6.45, 7) is 0.963. The van der Waals surface area contributed by atoms with E-state index in [0.717, 1.165) is 12.0 Å². The summed E-state index contributed by atoms with van der Waals surface area (Å²) in [4.78, 5) is 14.0. The molecule has 0 aliphatic heterocycles. The van der Waals surface area contributed by atoms with Gasteiger partial charge >= 0.3 is 0 Å². The first kappa shape index (κ1) is 18.5. The molecule has 0 saturated carbocycles. The minimum atomic E-state index is -0.245. The summed E-state index contributed by atoms with van der Waals surface area (Å²) in [5.74, 6) is 0.365. The highest BCUT2D eigenvalue weighted by molar-refractivity contribution is 7.09. The zero-order valence-corrected chi connectivity index (χ0v) is 16.5. The molecule has 0 atom stereocenters. The molecule has 0 spiro atoms. The van der Waals surface area contributed by atoms with Crippen LogP contribution in [0.4, 0.5) is 0 Å². The largest absolute Gasteiger partial charge is 0.350 e. The first-order valence-electron chi connectivity index (χ1n) is 8.83. The smallest absolute Gasteiger partial charge is 0.275 e. The highest BCUT2D eigenvalue weighted by Gasteiger charge is 2.21. The van der Waals surface area contributed by atoms with Crippen LogP contribution >= 0.6 is 22.9 Å². The number of rotatable bonds is 7. The Labute approximate surface area is 171 Å². The molecule has 1 aromatic carbocycles. The fourth-order valence-electron chi connectivity index (χ4n) is 2.92. The van der Waals surface area contributed by atoms with Crippen LogP contribution < -0.4 is 5.32 Å². The molecule has 3 aromatic heterocycles. The Balaban J connectivity index is 1.58. The zero-order chi connectivity index (χ0) is 19.3. The SMILES string of the molecule is O=C(NCCc1cccs1)c1nnn(Cc2ccccc2Cl)c1-n1cccc1. The van der Waals surface area contributed by atoms with Crippen molar-refractivity contribution in [2.45, 2.75) is 13.0 Å². The third-order valence-corrected chi connectivity index (χ3v) is 5.59. The molecule has 0 radical (unpaired) electrons. The fourth-order valence-corrected chi connectivity index (χ4v) is 3.82. The first-order valence-corrected chi connectivity index (χ1v) is 10.1. The summed E-state index contributed by atoms with van der Waals surface area (Å²) in [6, 6.07) is 15.4. The third-order valence-electron chi connectivity index (χ3n) is 4.29. The molecule has 0 aliphatic carbocycles. The van der Waals surface area contributed by atoms with E-state index in [9.17, 15) is 4.79 Å². The number of benzene rings is 1. The van der Waals surface area contributed by atoms with Crippen LogP contribution in [0.2, 0.25) is 5.02 Å². The molecular formula is C20H18ClN5OS. The summed E-state index contributed by atoms with van der Waals surface area (Å²) in [7, 11) is 0. The van der Waals surface area contributed by atoms with Crippen LogP contribution in [0.5, 0.6) is 0 Å². The van der Waals surface area contributed by atoms with Crippen LogP contribution in [0.15, 0.2) is 66.3 Å². The Morgan fingerprint density at radius 3 is 2.68 bits per heavy atom. The molecule has 0 bridgehead atoms. The topological polar surface area (TPSA) is 64.7 Å². The summed E-state index contributed by atoms with van der Waals surface area (Å²) < 4.78 is 3.53. The Bertz CT molecular complexity index is 1060. The molecular weight excluding hydrogens is 394 g/mol. The minimum absolute atomic E-state index is 0.245. The van der Waals surface area contributed by atoms with Crippen LogP contribution in [-0.4, -0.2) is 32.0 Å². The van der Waals surface area contributed by atoms with Gasteiger partial charge in [0.25, 0.3) is 5.91 Å². The lowest BCUT2D eigenvalue weighted by Gasteiger charge is -2.10. The summed E-state index contributed by atoms with van der Waals surface area (Å²) in [5.41, 5.74) is 1.20. The molecule has 1 amide bonds. The zero-order valence-electron chi connectivity index (χ0n) is 15.0. The molecule has 4 aromatic rings. The van der Waals surface area contributed by atoms with Gasteiger partial charge in [0.2, 0.25) is 0 Å². The molecule has 142 valence electrons. The van der Waals surface area contributed by atoms with E-state index in [0.29, 0.717) is 23.9 Å². The van der Waals surface area contributed by atoms with Crippen LogP contribution in [0, 0.1) is 0 Å². The Morgan fingerprint density at radius 1 is 1.11 bits per heavy atom. The first-order chi connectivity index (χ1) is 13.7. The Hall–Kier alpha value is -2.90. The third kappa shape index (κ3) is 4.00. The number of thiophene rings is 1. The van der Waals surface area contributed by atoms with Crippen molar-refractivity contribution in [3.8, 4) is 5.82 Å². The molecule has 1 N–H and O–H groups in total. The van der Waals surface area contributed by atoms with Gasteiger partial charge in [0.1, 0.15) is 0 Å². The molecule has 0 aliphatic rings. The Morgan fingerprint density at radius 2 is 1.93 bits per heavy atom. The average molecular weight is 412 g/mol. The standard InChI is InChI=1S/C20H18ClN5OS/c21-17-8-2-1-6-15(17)14-26-20(25-11-3-4-12-25)18(23-24-26)19(27)22-10-9-16-7-5-13-28-16/h1-8,11-13H,9-10,14H2,(H,22,27). The number of carbonyl (C=O) groups is 1. The highest BCUT2D eigenvalue weighted by Crippen LogP contribution is 2.19. The van der Waals surface area contributed by atoms with Crippen molar-refractivity contribution in [1.82, 2.24) is 24.9 Å². The molecule has 4 rings (SSSR count). The average Bonchev–Trinajstić information content (AvgIpc) is 3.45. The number of amides is 1. The number of hydrogen-bond acceptors (Lipinski definition) is 4. The number of aromatic nitrogens is 4. The summed E-state index contributed by atoms with van der Waals surface area (Å²) >= 11 is 7.97. The number of nitrogens with zero attached hydrogens (tertiary/aromatic N) is 4. The number of hydrogen-bond donors (Lipinski definition) is 1. The van der Waals surface area contributed by atoms with Gasteiger partial charge < -0.3 is 9.88 Å². The lowest BCUT2D eigenvalue weighted by atomic mass is 10.2. The van der Waals surface area contributed by atoms with Crippen LogP contribution in [0.25, 0.3) is 5.82 Å². The molecule has 28 heavy (non-hydrogen) atoms. The number of carbonyl (C=O) groups excluding carboxylic acids is 1. The van der Waals surface area contributed by atoms with Crippen LogP contribution in [-0.2, 0) is 13.0 Å². The Kier molecular flexibility index (Phi) is 5.55. The normalized spacial score (nSPS) is 10.9. The predicted molar refractivity (Wildman–Crippen MR) is 110 cm³/mol. The second-order valence-corrected chi connectivity index (χ2v) is 7.63. The van der Waals surface area contributed by atoms with Crippen molar-refractivity contribution in [2.75, 3.05) is 6.54 Å². The van der Waals surface area contributed by atoms with Gasteiger partial charge in [0, 0.05) is 28.8 Å². The molecule has 3 heterocycles. The van der Waals surface area contributed by atoms with E-state index >= 15 is 0 Å². The second-order valence-electron chi connectivity index (χ2n) is 6.19. The van der Waals surface area contributed by atoms with Gasteiger partial charge in [-0.25, -0.2) is 4.68 Å². The molecule has 6 nitrogen and oxygen atoms in total. The van der Waals surface area contributed by atoms with E-state index in [1.54, 1.807) is 16.0 Å². The minimum Gasteiger partial charge on any atom is -0.350 e. The summed E-state index contributed by atoms with van der Waals surface area (Å²) in [5, 5.41) is 14.0. The van der Waals surface area contributed by atoms with Gasteiger partial charge in [-0.2, -0.15) is 0 Å². The van der Waals surface area contributed by atoms with E-state index in [1.165, 1.54) is 4.88 Å². The molecule has 0 fully saturated rings. The lowest BCUT2D eigenvalue weighted by molar-refractivity contribution is 0.0949. The van der Waals surface area contributed by atoms with Crippen molar-refractivity contribution in [3.05, 3.63) is 87.5 Å². The summed E-state index contributed by atoms with van der Waals surface area (Å²) in [6.07, 6.45) is 4.52. The maximum Gasteiger partial charge on any atom is 0.275 e. The van der Waals surface area contributed by atoms with Gasteiger partial charge in [-0.05, 0) is 41.6 Å². The molecule has 0 unspecified atom stereocenters.